The van der Waals surface area contributed by atoms with Crippen molar-refractivity contribution in [1.29, 1.82) is 0 Å². The molecule has 8 heteroatoms. The highest BCUT2D eigenvalue weighted by atomic mass is 19.1. The molecule has 7 nitrogen and oxygen atoms in total. The lowest BCUT2D eigenvalue weighted by atomic mass is 10.0. The normalized spacial score (nSPS) is 16.6. The second-order valence-corrected chi connectivity index (χ2v) is 7.20. The Balaban J connectivity index is 1.57. The predicted molar refractivity (Wildman–Crippen MR) is 110 cm³/mol. The maximum Gasteiger partial charge on any atom is 0.153 e. The standard InChI is InChI=1S/C22H20FN5O2/c23-18-11-16(30-15-6-2-1-3-7-15)8-9-17(18)19-20-21(24)25-13-26-28(20)22(27-19)14-5-4-10-29-12-14/h1-3,6-9,11,13-14H,4-5,10,12H2,(H2,24,25,26)/t14-/m1/s1. The minimum absolute atomic E-state index is 0.0676. The topological polar surface area (TPSA) is 87.6 Å². The van der Waals surface area contributed by atoms with Crippen molar-refractivity contribution in [3.05, 3.63) is 66.5 Å². The van der Waals surface area contributed by atoms with E-state index >= 15 is 4.39 Å². The molecule has 2 aromatic heterocycles. The average Bonchev–Trinajstić information content (AvgIpc) is 3.16. The fraction of sp³-hybridized carbons (Fsp3) is 0.227. The number of hydrogen-bond acceptors (Lipinski definition) is 6. The quantitative estimate of drug-likeness (QED) is 0.548. The summed E-state index contributed by atoms with van der Waals surface area (Å²) in [5, 5.41) is 4.33. The first-order valence-electron chi connectivity index (χ1n) is 9.80. The summed E-state index contributed by atoms with van der Waals surface area (Å²) in [5.74, 6) is 1.60. The number of halogens is 1. The van der Waals surface area contributed by atoms with Crippen LogP contribution in [0.4, 0.5) is 10.2 Å². The van der Waals surface area contributed by atoms with Crippen LogP contribution in [0.3, 0.4) is 0 Å². The Morgan fingerprint density at radius 3 is 2.77 bits per heavy atom. The average molecular weight is 405 g/mol. The van der Waals surface area contributed by atoms with Crippen molar-refractivity contribution in [2.45, 2.75) is 18.8 Å². The number of nitrogens with two attached hydrogens (primary N) is 1. The minimum atomic E-state index is -0.460. The molecule has 0 unspecified atom stereocenters. The summed E-state index contributed by atoms with van der Waals surface area (Å²) >= 11 is 0. The van der Waals surface area contributed by atoms with Gasteiger partial charge in [0.05, 0.1) is 6.61 Å². The van der Waals surface area contributed by atoms with E-state index in [0.717, 1.165) is 19.4 Å². The Bertz CT molecular complexity index is 1190. The summed E-state index contributed by atoms with van der Waals surface area (Å²) in [6.07, 6.45) is 3.25. The van der Waals surface area contributed by atoms with E-state index in [9.17, 15) is 0 Å². The number of benzene rings is 2. The first-order valence-corrected chi connectivity index (χ1v) is 9.80. The Kier molecular flexibility index (Phi) is 4.76. The lowest BCUT2D eigenvalue weighted by Crippen LogP contribution is -2.18. The molecule has 0 spiro atoms. The summed E-state index contributed by atoms with van der Waals surface area (Å²) in [4.78, 5) is 8.82. The molecule has 0 amide bonds. The van der Waals surface area contributed by atoms with E-state index in [-0.39, 0.29) is 11.7 Å². The number of imidazole rings is 1. The third kappa shape index (κ3) is 3.35. The molecule has 30 heavy (non-hydrogen) atoms. The van der Waals surface area contributed by atoms with Gasteiger partial charge < -0.3 is 15.2 Å². The highest BCUT2D eigenvalue weighted by Gasteiger charge is 2.26. The lowest BCUT2D eigenvalue weighted by Gasteiger charge is -2.20. The third-order valence-electron chi connectivity index (χ3n) is 5.19. The molecule has 1 aliphatic heterocycles. The van der Waals surface area contributed by atoms with Crippen LogP contribution < -0.4 is 10.5 Å². The molecule has 0 bridgehead atoms. The molecule has 5 rings (SSSR count). The van der Waals surface area contributed by atoms with Gasteiger partial charge in [-0.05, 0) is 37.1 Å². The number of fused-ring (bicyclic) bond motifs is 1. The fourth-order valence-electron chi connectivity index (χ4n) is 3.75. The molecular weight excluding hydrogens is 385 g/mol. The molecule has 1 fully saturated rings. The molecule has 3 heterocycles. The Morgan fingerprint density at radius 1 is 1.13 bits per heavy atom. The van der Waals surface area contributed by atoms with Crippen molar-refractivity contribution < 1.29 is 13.9 Å². The smallest absolute Gasteiger partial charge is 0.153 e. The maximum atomic E-state index is 15.1. The van der Waals surface area contributed by atoms with Crippen LogP contribution >= 0.6 is 0 Å². The number of aromatic nitrogens is 4. The molecule has 0 saturated carbocycles. The Hall–Kier alpha value is -3.52. The molecule has 0 aliphatic carbocycles. The van der Waals surface area contributed by atoms with Crippen molar-refractivity contribution in [2.24, 2.45) is 0 Å². The Labute approximate surface area is 172 Å². The molecule has 152 valence electrons. The van der Waals surface area contributed by atoms with Gasteiger partial charge in [-0.25, -0.2) is 18.9 Å². The molecule has 0 radical (unpaired) electrons. The van der Waals surface area contributed by atoms with Crippen LogP contribution in [0.15, 0.2) is 54.9 Å². The van der Waals surface area contributed by atoms with Crippen LogP contribution in [0.5, 0.6) is 11.5 Å². The molecule has 4 aromatic rings. The van der Waals surface area contributed by atoms with E-state index in [4.69, 9.17) is 20.2 Å². The Morgan fingerprint density at radius 2 is 2.00 bits per heavy atom. The number of anilines is 1. The van der Waals surface area contributed by atoms with Gasteiger partial charge in [0.15, 0.2) is 5.82 Å². The van der Waals surface area contributed by atoms with Crippen LogP contribution in [-0.2, 0) is 4.74 Å². The highest BCUT2D eigenvalue weighted by Crippen LogP contribution is 2.35. The fourth-order valence-corrected chi connectivity index (χ4v) is 3.75. The predicted octanol–water partition coefficient (Wildman–Crippen LogP) is 4.20. The largest absolute Gasteiger partial charge is 0.457 e. The van der Waals surface area contributed by atoms with Crippen LogP contribution in [0.25, 0.3) is 16.8 Å². The second-order valence-electron chi connectivity index (χ2n) is 7.20. The molecular formula is C22H20FN5O2. The van der Waals surface area contributed by atoms with Crippen molar-refractivity contribution in [3.63, 3.8) is 0 Å². The monoisotopic (exact) mass is 405 g/mol. The minimum Gasteiger partial charge on any atom is -0.457 e. The van der Waals surface area contributed by atoms with Gasteiger partial charge in [-0.15, -0.1) is 0 Å². The first-order chi connectivity index (χ1) is 14.7. The number of nitrogen functional groups attached to an aromatic ring is 1. The summed E-state index contributed by atoms with van der Waals surface area (Å²) in [7, 11) is 0. The molecule has 1 atom stereocenters. The van der Waals surface area contributed by atoms with Crippen molar-refractivity contribution in [2.75, 3.05) is 18.9 Å². The zero-order valence-corrected chi connectivity index (χ0v) is 16.2. The number of nitrogens with zero attached hydrogens (tertiary/aromatic N) is 4. The van der Waals surface area contributed by atoms with Gasteiger partial charge in [0.2, 0.25) is 0 Å². The van der Waals surface area contributed by atoms with Crippen molar-refractivity contribution in [1.82, 2.24) is 19.6 Å². The molecule has 1 aliphatic rings. The number of ether oxygens (including phenoxy) is 2. The summed E-state index contributed by atoms with van der Waals surface area (Å²) in [5.41, 5.74) is 7.35. The van der Waals surface area contributed by atoms with E-state index in [2.05, 4.69) is 10.1 Å². The van der Waals surface area contributed by atoms with Crippen LogP contribution in [0.2, 0.25) is 0 Å². The maximum absolute atomic E-state index is 15.1. The van der Waals surface area contributed by atoms with E-state index in [1.165, 1.54) is 12.4 Å². The van der Waals surface area contributed by atoms with Gasteiger partial charge >= 0.3 is 0 Å². The number of para-hydroxylation sites is 1. The van der Waals surface area contributed by atoms with Crippen LogP contribution in [0, 0.1) is 5.82 Å². The zero-order valence-electron chi connectivity index (χ0n) is 16.2. The molecule has 2 N–H and O–H groups in total. The number of hydrogen-bond donors (Lipinski definition) is 1. The third-order valence-corrected chi connectivity index (χ3v) is 5.19. The van der Waals surface area contributed by atoms with Gasteiger partial charge in [0.1, 0.15) is 40.7 Å². The van der Waals surface area contributed by atoms with E-state index in [0.29, 0.717) is 40.7 Å². The summed E-state index contributed by atoms with van der Waals surface area (Å²) < 4.78 is 28.1. The van der Waals surface area contributed by atoms with Crippen molar-refractivity contribution >= 4 is 11.3 Å². The van der Waals surface area contributed by atoms with E-state index in [1.54, 1.807) is 16.6 Å². The summed E-state index contributed by atoms with van der Waals surface area (Å²) in [6.45, 7) is 1.29. The molecule has 1 saturated heterocycles. The van der Waals surface area contributed by atoms with Crippen LogP contribution in [0.1, 0.15) is 24.6 Å². The van der Waals surface area contributed by atoms with Gasteiger partial charge in [0, 0.05) is 24.2 Å². The number of rotatable bonds is 4. The highest BCUT2D eigenvalue weighted by molar-refractivity contribution is 5.85. The lowest BCUT2D eigenvalue weighted by molar-refractivity contribution is 0.0776. The van der Waals surface area contributed by atoms with Crippen molar-refractivity contribution in [3.8, 4) is 22.8 Å². The zero-order chi connectivity index (χ0) is 20.5. The van der Waals surface area contributed by atoms with Gasteiger partial charge in [-0.2, -0.15) is 5.10 Å². The first kappa shape index (κ1) is 18.5. The van der Waals surface area contributed by atoms with Gasteiger partial charge in [-0.3, -0.25) is 0 Å². The SMILES string of the molecule is Nc1ncnn2c([C@@H]3CCCOC3)nc(-c3ccc(Oc4ccccc4)cc3F)c12. The van der Waals surface area contributed by atoms with Crippen LogP contribution in [-0.4, -0.2) is 32.8 Å². The van der Waals surface area contributed by atoms with Gasteiger partial charge in [0.25, 0.3) is 0 Å². The summed E-state index contributed by atoms with van der Waals surface area (Å²) in [6, 6.07) is 13.9. The van der Waals surface area contributed by atoms with Gasteiger partial charge in [-0.1, -0.05) is 18.2 Å². The van der Waals surface area contributed by atoms with E-state index in [1.807, 2.05) is 30.3 Å². The second kappa shape index (κ2) is 7.72. The van der Waals surface area contributed by atoms with E-state index < -0.39 is 5.82 Å². The molecule has 2 aromatic carbocycles.